The molecule has 0 aliphatic heterocycles. The first-order valence-electron chi connectivity index (χ1n) is 5.27. The summed E-state index contributed by atoms with van der Waals surface area (Å²) in [7, 11) is 0. The third-order valence-electron chi connectivity index (χ3n) is 2.01. The maximum absolute atomic E-state index is 9.58. The molecule has 1 N–H and O–H groups in total. The Morgan fingerprint density at radius 1 is 1.23 bits per heavy atom. The molecule has 1 heteroatoms. The van der Waals surface area contributed by atoms with Crippen molar-refractivity contribution in [2.75, 3.05) is 0 Å². The number of aliphatic hydroxyl groups excluding tert-OH is 1. The summed E-state index contributed by atoms with van der Waals surface area (Å²) in [4.78, 5) is 0. The topological polar surface area (TPSA) is 20.2 Å². The van der Waals surface area contributed by atoms with Crippen LogP contribution in [0.25, 0.3) is 0 Å². The molecule has 0 radical (unpaired) electrons. The summed E-state index contributed by atoms with van der Waals surface area (Å²) >= 11 is 0. The van der Waals surface area contributed by atoms with Crippen molar-refractivity contribution in [3.05, 3.63) is 23.8 Å². The van der Waals surface area contributed by atoms with Gasteiger partial charge < -0.3 is 5.11 Å². The largest absolute Gasteiger partial charge is 0.389 e. The molecule has 0 saturated heterocycles. The highest BCUT2D eigenvalue weighted by Crippen LogP contribution is 2.11. The van der Waals surface area contributed by atoms with Crippen LogP contribution in [0.15, 0.2) is 23.8 Å². The van der Waals surface area contributed by atoms with Gasteiger partial charge in [-0.3, -0.25) is 0 Å². The minimum absolute atomic E-state index is 0.294. The summed E-state index contributed by atoms with van der Waals surface area (Å²) in [6.45, 7) is 6.34. The van der Waals surface area contributed by atoms with Crippen LogP contribution in [-0.2, 0) is 0 Å². The number of aliphatic hydroxyl groups is 1. The fourth-order valence-corrected chi connectivity index (χ4v) is 1.29. The average Bonchev–Trinajstić information content (AvgIpc) is 2.14. The molecule has 0 fully saturated rings. The molecule has 0 aliphatic carbocycles. The van der Waals surface area contributed by atoms with Crippen LogP contribution in [0.4, 0.5) is 0 Å². The Balaban J connectivity index is 3.93. The van der Waals surface area contributed by atoms with Crippen molar-refractivity contribution < 1.29 is 5.11 Å². The van der Waals surface area contributed by atoms with Crippen molar-refractivity contribution in [2.24, 2.45) is 0 Å². The predicted molar refractivity (Wildman–Crippen MR) is 58.7 cm³/mol. The lowest BCUT2D eigenvalue weighted by molar-refractivity contribution is 0.222. The molecule has 0 amide bonds. The highest BCUT2D eigenvalue weighted by molar-refractivity contribution is 5.05. The number of hydrogen-bond acceptors (Lipinski definition) is 1. The lowest BCUT2D eigenvalue weighted by Crippen LogP contribution is -2.03. The van der Waals surface area contributed by atoms with Crippen LogP contribution in [0.5, 0.6) is 0 Å². The number of allylic oxidation sites excluding steroid dienone is 2. The van der Waals surface area contributed by atoms with Crippen LogP contribution >= 0.6 is 0 Å². The zero-order chi connectivity index (χ0) is 10.1. The summed E-state index contributed by atoms with van der Waals surface area (Å²) in [6.07, 6.45) is 9.72. The van der Waals surface area contributed by atoms with E-state index in [4.69, 9.17) is 0 Å². The Labute approximate surface area is 82.2 Å². The van der Waals surface area contributed by atoms with Gasteiger partial charge in [0.15, 0.2) is 0 Å². The summed E-state index contributed by atoms with van der Waals surface area (Å²) in [6, 6.07) is 0. The van der Waals surface area contributed by atoms with E-state index in [9.17, 15) is 5.11 Å². The van der Waals surface area contributed by atoms with E-state index in [2.05, 4.69) is 26.8 Å². The summed E-state index contributed by atoms with van der Waals surface area (Å²) in [5.74, 6) is 0. The third-order valence-corrected chi connectivity index (χ3v) is 2.01. The molecule has 1 nitrogen and oxygen atoms in total. The van der Waals surface area contributed by atoms with Crippen molar-refractivity contribution in [1.82, 2.24) is 0 Å². The van der Waals surface area contributed by atoms with Crippen LogP contribution in [0, 0.1) is 0 Å². The Morgan fingerprint density at radius 2 is 1.92 bits per heavy atom. The van der Waals surface area contributed by atoms with Crippen molar-refractivity contribution in [2.45, 2.75) is 52.6 Å². The average molecular weight is 182 g/mol. The molecule has 0 saturated carbocycles. The minimum Gasteiger partial charge on any atom is -0.389 e. The second-order valence-corrected chi connectivity index (χ2v) is 3.23. The van der Waals surface area contributed by atoms with Gasteiger partial charge in [0.1, 0.15) is 0 Å². The van der Waals surface area contributed by atoms with E-state index in [-0.39, 0.29) is 6.10 Å². The fourth-order valence-electron chi connectivity index (χ4n) is 1.29. The lowest BCUT2D eigenvalue weighted by Gasteiger charge is -2.07. The van der Waals surface area contributed by atoms with Crippen LogP contribution in [0.3, 0.4) is 0 Å². The van der Waals surface area contributed by atoms with Gasteiger partial charge in [-0.1, -0.05) is 44.6 Å². The smallest absolute Gasteiger partial charge is 0.0757 e. The van der Waals surface area contributed by atoms with E-state index in [0.717, 1.165) is 25.7 Å². The molecule has 1 atom stereocenters. The standard InChI is InChI=1S/C12H22O/c1-4-7-9-12(13)10-11(6-3)8-5-2/h7-9,12-13H,4-6,10H2,1-3H3/b9-7+,11-8+. The van der Waals surface area contributed by atoms with Gasteiger partial charge in [0.05, 0.1) is 6.10 Å². The Hall–Kier alpha value is -0.560. The summed E-state index contributed by atoms with van der Waals surface area (Å²) < 4.78 is 0. The van der Waals surface area contributed by atoms with Gasteiger partial charge in [0.25, 0.3) is 0 Å². The van der Waals surface area contributed by atoms with Gasteiger partial charge in [-0.25, -0.2) is 0 Å². The van der Waals surface area contributed by atoms with Crippen molar-refractivity contribution in [1.29, 1.82) is 0 Å². The highest BCUT2D eigenvalue weighted by atomic mass is 16.3. The van der Waals surface area contributed by atoms with Gasteiger partial charge in [0.2, 0.25) is 0 Å². The molecule has 0 aliphatic rings. The van der Waals surface area contributed by atoms with Crippen molar-refractivity contribution in [3.63, 3.8) is 0 Å². The lowest BCUT2D eigenvalue weighted by atomic mass is 10.0. The van der Waals surface area contributed by atoms with Gasteiger partial charge in [-0.05, 0) is 25.7 Å². The van der Waals surface area contributed by atoms with E-state index in [0.29, 0.717) is 0 Å². The SMILES string of the molecule is CC/C=C/C(O)C/C(=C/CC)CC. The molecule has 0 rings (SSSR count). The normalized spacial score (nSPS) is 15.2. The van der Waals surface area contributed by atoms with Crippen LogP contribution in [0.2, 0.25) is 0 Å². The van der Waals surface area contributed by atoms with E-state index in [1.807, 2.05) is 12.2 Å². The molecule has 0 spiro atoms. The third kappa shape index (κ3) is 6.59. The summed E-state index contributed by atoms with van der Waals surface area (Å²) in [5, 5.41) is 9.58. The van der Waals surface area contributed by atoms with E-state index in [1.54, 1.807) is 0 Å². The molecule has 0 heterocycles. The molecule has 0 aromatic heterocycles. The second kappa shape index (κ2) is 8.06. The zero-order valence-corrected chi connectivity index (χ0v) is 9.09. The van der Waals surface area contributed by atoms with Gasteiger partial charge >= 0.3 is 0 Å². The molecule has 0 aromatic carbocycles. The maximum atomic E-state index is 9.58. The quantitative estimate of drug-likeness (QED) is 0.624. The van der Waals surface area contributed by atoms with E-state index in [1.165, 1.54) is 5.57 Å². The Bertz CT molecular complexity index is 168. The van der Waals surface area contributed by atoms with Gasteiger partial charge in [-0.2, -0.15) is 0 Å². The molecule has 13 heavy (non-hydrogen) atoms. The predicted octanol–water partition coefficient (Wildman–Crippen LogP) is 3.45. The Kier molecular flexibility index (Phi) is 7.71. The number of rotatable bonds is 6. The molecular formula is C12H22O. The van der Waals surface area contributed by atoms with Gasteiger partial charge in [0, 0.05) is 0 Å². The van der Waals surface area contributed by atoms with Crippen LogP contribution in [0.1, 0.15) is 46.5 Å². The first kappa shape index (κ1) is 12.4. The monoisotopic (exact) mass is 182 g/mol. The van der Waals surface area contributed by atoms with Crippen molar-refractivity contribution in [3.8, 4) is 0 Å². The first-order valence-corrected chi connectivity index (χ1v) is 5.27. The van der Waals surface area contributed by atoms with Crippen molar-refractivity contribution >= 4 is 0 Å². The summed E-state index contributed by atoms with van der Waals surface area (Å²) in [5.41, 5.74) is 1.36. The molecule has 76 valence electrons. The zero-order valence-electron chi connectivity index (χ0n) is 9.09. The highest BCUT2D eigenvalue weighted by Gasteiger charge is 2.01. The van der Waals surface area contributed by atoms with E-state index < -0.39 is 0 Å². The van der Waals surface area contributed by atoms with Crippen LogP contribution < -0.4 is 0 Å². The fraction of sp³-hybridized carbons (Fsp3) is 0.667. The minimum atomic E-state index is -0.294. The maximum Gasteiger partial charge on any atom is 0.0757 e. The Morgan fingerprint density at radius 3 is 2.38 bits per heavy atom. The first-order chi connectivity index (χ1) is 6.24. The van der Waals surface area contributed by atoms with Crippen LogP contribution in [-0.4, -0.2) is 11.2 Å². The second-order valence-electron chi connectivity index (χ2n) is 3.23. The molecule has 0 bridgehead atoms. The number of hydrogen-bond donors (Lipinski definition) is 1. The molecule has 0 aromatic rings. The molecular weight excluding hydrogens is 160 g/mol. The molecule has 1 unspecified atom stereocenters. The van der Waals surface area contributed by atoms with Gasteiger partial charge in [-0.15, -0.1) is 0 Å². The van der Waals surface area contributed by atoms with E-state index >= 15 is 0 Å².